The molecule has 0 aliphatic rings. The molecule has 29 heavy (non-hydrogen) atoms. The van der Waals surface area contributed by atoms with Crippen molar-refractivity contribution in [3.8, 4) is 11.5 Å². The van der Waals surface area contributed by atoms with Crippen molar-refractivity contribution in [1.82, 2.24) is 0 Å². The van der Waals surface area contributed by atoms with E-state index in [1.54, 1.807) is 30.5 Å². The Bertz CT molecular complexity index is 891. The number of aliphatic imine (C=N–C) groups is 1. The molecule has 160 valence electrons. The van der Waals surface area contributed by atoms with E-state index in [1.165, 1.54) is 0 Å². The predicted octanol–water partition coefficient (Wildman–Crippen LogP) is 6.77. The SMILES string of the molecule is C[Si](C)(C)O[Si](C)(CCC=Nc1c(Cl)c(O)c2ccccc2c1O)O[Si](C)(C)C. The van der Waals surface area contributed by atoms with Gasteiger partial charge in [-0.25, -0.2) is 0 Å². The van der Waals surface area contributed by atoms with Crippen molar-refractivity contribution in [3.63, 3.8) is 0 Å². The second kappa shape index (κ2) is 8.91. The molecule has 0 saturated carbocycles. The number of hydrogen-bond donors (Lipinski definition) is 2. The molecule has 0 saturated heterocycles. The van der Waals surface area contributed by atoms with Crippen molar-refractivity contribution in [2.75, 3.05) is 0 Å². The summed E-state index contributed by atoms with van der Waals surface area (Å²) in [6.07, 6.45) is 2.36. The Morgan fingerprint density at radius 2 is 1.38 bits per heavy atom. The van der Waals surface area contributed by atoms with Crippen molar-refractivity contribution in [2.24, 2.45) is 4.99 Å². The maximum Gasteiger partial charge on any atom is 0.314 e. The van der Waals surface area contributed by atoms with E-state index in [4.69, 9.17) is 19.8 Å². The predicted molar refractivity (Wildman–Crippen MR) is 130 cm³/mol. The van der Waals surface area contributed by atoms with Gasteiger partial charge in [0.05, 0.1) is 0 Å². The highest BCUT2D eigenvalue weighted by Gasteiger charge is 2.39. The minimum Gasteiger partial charge on any atom is -0.506 e. The number of halogens is 1. The van der Waals surface area contributed by atoms with E-state index < -0.39 is 25.2 Å². The van der Waals surface area contributed by atoms with Gasteiger partial charge in [0.15, 0.2) is 22.4 Å². The summed E-state index contributed by atoms with van der Waals surface area (Å²) in [5.74, 6) is -0.105. The van der Waals surface area contributed by atoms with Gasteiger partial charge in [-0.1, -0.05) is 35.9 Å². The van der Waals surface area contributed by atoms with E-state index in [2.05, 4.69) is 50.8 Å². The van der Waals surface area contributed by atoms with Crippen molar-refractivity contribution in [2.45, 2.75) is 58.3 Å². The minimum absolute atomic E-state index is 0.0312. The van der Waals surface area contributed by atoms with Gasteiger partial charge in [-0.2, -0.15) is 0 Å². The van der Waals surface area contributed by atoms with E-state index in [0.29, 0.717) is 17.2 Å². The number of phenols is 2. The van der Waals surface area contributed by atoms with Crippen LogP contribution in [0.3, 0.4) is 0 Å². The van der Waals surface area contributed by atoms with Gasteiger partial charge in [0, 0.05) is 17.0 Å². The second-order valence-electron chi connectivity index (χ2n) is 9.32. The monoisotopic (exact) mass is 469 g/mol. The molecule has 0 aromatic heterocycles. The average Bonchev–Trinajstić information content (AvgIpc) is 2.55. The third-order valence-corrected chi connectivity index (χ3v) is 14.0. The molecule has 2 N–H and O–H groups in total. The van der Waals surface area contributed by atoms with Gasteiger partial charge in [0.2, 0.25) is 0 Å². The van der Waals surface area contributed by atoms with Crippen molar-refractivity contribution >= 4 is 59.5 Å². The lowest BCUT2D eigenvalue weighted by molar-refractivity contribution is 0.385. The maximum absolute atomic E-state index is 10.6. The molecule has 0 heterocycles. The Balaban J connectivity index is 2.24. The summed E-state index contributed by atoms with van der Waals surface area (Å²) in [5.41, 5.74) is 0.184. The third kappa shape index (κ3) is 6.66. The Morgan fingerprint density at radius 3 is 1.86 bits per heavy atom. The molecular formula is C20H32ClNO4Si3. The Labute approximate surface area is 181 Å². The molecule has 0 spiro atoms. The molecule has 0 atom stereocenters. The average molecular weight is 470 g/mol. The Kier molecular flexibility index (Phi) is 7.40. The first-order chi connectivity index (χ1) is 13.2. The molecule has 0 amide bonds. The summed E-state index contributed by atoms with van der Waals surface area (Å²) in [7, 11) is -5.86. The van der Waals surface area contributed by atoms with Crippen molar-refractivity contribution in [1.29, 1.82) is 0 Å². The molecule has 9 heteroatoms. The lowest BCUT2D eigenvalue weighted by Gasteiger charge is -2.38. The lowest BCUT2D eigenvalue weighted by Crippen LogP contribution is -2.52. The maximum atomic E-state index is 10.6. The summed E-state index contributed by atoms with van der Waals surface area (Å²) in [6, 6.07) is 7.78. The number of benzene rings is 2. The van der Waals surface area contributed by atoms with Crippen LogP contribution < -0.4 is 0 Å². The van der Waals surface area contributed by atoms with Crippen LogP contribution in [0.1, 0.15) is 6.42 Å². The van der Waals surface area contributed by atoms with Crippen LogP contribution >= 0.6 is 11.6 Å². The van der Waals surface area contributed by atoms with Crippen molar-refractivity contribution in [3.05, 3.63) is 29.3 Å². The molecule has 0 aliphatic heterocycles. The van der Waals surface area contributed by atoms with Gasteiger partial charge in [0.25, 0.3) is 0 Å². The van der Waals surface area contributed by atoms with E-state index in [9.17, 15) is 10.2 Å². The highest BCUT2D eigenvalue weighted by atomic mass is 35.5. The Morgan fingerprint density at radius 1 is 0.897 bits per heavy atom. The number of fused-ring (bicyclic) bond motifs is 1. The molecule has 0 bridgehead atoms. The zero-order valence-electron chi connectivity index (χ0n) is 18.3. The number of nitrogens with zero attached hydrogens (tertiary/aromatic N) is 1. The highest BCUT2D eigenvalue weighted by Crippen LogP contribution is 2.47. The van der Waals surface area contributed by atoms with Crippen LogP contribution in [-0.2, 0) is 8.23 Å². The fourth-order valence-corrected chi connectivity index (χ4v) is 16.0. The van der Waals surface area contributed by atoms with Crippen LogP contribution in [0.25, 0.3) is 10.8 Å². The Hall–Kier alpha value is -1.17. The van der Waals surface area contributed by atoms with Crippen LogP contribution in [-0.4, -0.2) is 41.6 Å². The van der Waals surface area contributed by atoms with Gasteiger partial charge in [-0.3, -0.25) is 4.99 Å². The van der Waals surface area contributed by atoms with Crippen LogP contribution in [0.2, 0.25) is 56.9 Å². The first kappa shape index (κ1) is 24.1. The fourth-order valence-electron chi connectivity index (χ4n) is 3.38. The van der Waals surface area contributed by atoms with Gasteiger partial charge < -0.3 is 18.4 Å². The first-order valence-corrected chi connectivity index (χ1v) is 19.5. The molecule has 0 radical (unpaired) electrons. The molecular weight excluding hydrogens is 438 g/mol. The summed E-state index contributed by atoms with van der Waals surface area (Å²) >= 11 is 6.27. The van der Waals surface area contributed by atoms with E-state index in [1.807, 2.05) is 0 Å². The quantitative estimate of drug-likeness (QED) is 0.254. The largest absolute Gasteiger partial charge is 0.506 e. The minimum atomic E-state index is -2.35. The summed E-state index contributed by atoms with van der Waals surface area (Å²) in [4.78, 5) is 4.38. The van der Waals surface area contributed by atoms with Gasteiger partial charge in [0.1, 0.15) is 16.5 Å². The molecule has 2 aromatic rings. The smallest absolute Gasteiger partial charge is 0.314 e. The molecule has 5 nitrogen and oxygen atoms in total. The van der Waals surface area contributed by atoms with Gasteiger partial charge in [-0.05, 0) is 58.3 Å². The topological polar surface area (TPSA) is 71.3 Å². The number of rotatable bonds is 8. The highest BCUT2D eigenvalue weighted by molar-refractivity contribution is 6.87. The number of aromatic hydroxyl groups is 2. The molecule has 2 rings (SSSR count). The molecule has 0 aliphatic carbocycles. The zero-order valence-corrected chi connectivity index (χ0v) is 22.1. The van der Waals surface area contributed by atoms with Crippen LogP contribution in [0.15, 0.2) is 29.3 Å². The van der Waals surface area contributed by atoms with Crippen LogP contribution in [0.4, 0.5) is 5.69 Å². The lowest BCUT2D eigenvalue weighted by atomic mass is 10.1. The first-order valence-electron chi connectivity index (χ1n) is 9.77. The van der Waals surface area contributed by atoms with E-state index in [0.717, 1.165) is 6.04 Å². The van der Waals surface area contributed by atoms with Gasteiger partial charge >= 0.3 is 8.56 Å². The number of hydrogen-bond acceptors (Lipinski definition) is 5. The third-order valence-electron chi connectivity index (χ3n) is 4.07. The van der Waals surface area contributed by atoms with Crippen LogP contribution in [0.5, 0.6) is 11.5 Å². The van der Waals surface area contributed by atoms with Gasteiger partial charge in [-0.15, -0.1) is 0 Å². The molecule has 0 unspecified atom stereocenters. The van der Waals surface area contributed by atoms with E-state index in [-0.39, 0.29) is 22.2 Å². The normalized spacial score (nSPS) is 13.5. The standard InChI is InChI=1S/C20H32ClNO4Si3/c1-27(2,3)25-29(7,26-28(4,5)6)14-10-13-22-18-17(21)19(23)15-11-8-9-12-16(15)20(18)24/h8-9,11-13,23-24H,10,14H2,1-7H3. The number of phenolic OH excluding ortho intramolecular Hbond substituents is 2. The fraction of sp³-hybridized carbons (Fsp3) is 0.450. The molecule has 2 aromatic carbocycles. The zero-order chi connectivity index (χ0) is 22.0. The summed E-state index contributed by atoms with van der Waals surface area (Å²) < 4.78 is 13.0. The van der Waals surface area contributed by atoms with E-state index >= 15 is 0 Å². The second-order valence-corrected chi connectivity index (χ2v) is 22.5. The summed E-state index contributed by atoms with van der Waals surface area (Å²) in [6.45, 7) is 15.2. The summed E-state index contributed by atoms with van der Waals surface area (Å²) in [5, 5.41) is 22.0. The molecule has 0 fully saturated rings. The van der Waals surface area contributed by atoms with Crippen LogP contribution in [0, 0.1) is 0 Å². The van der Waals surface area contributed by atoms with Crippen molar-refractivity contribution < 1.29 is 18.4 Å².